The normalized spacial score (nSPS) is 13.2. The number of carbonyl (C=O) groups excluding carboxylic acids is 1. The number of allylic oxidation sites excluding steroid dienone is 1. The maximum atomic E-state index is 12.8. The van der Waals surface area contributed by atoms with Gasteiger partial charge in [-0.05, 0) is 69.2 Å². The molecule has 34 heavy (non-hydrogen) atoms. The van der Waals surface area contributed by atoms with Crippen molar-refractivity contribution in [2.24, 2.45) is 0 Å². The highest BCUT2D eigenvalue weighted by atomic mass is 32.2. The standard InChI is InChI=1S/C24H24N2O6S2/c1-15(2)9-10-31-18-11-16(23(28)26-24-25-22(27)14-33-24)12-19(13-18)32-17-3-5-20(6-4-17)34(29,30)21-7-8-21/h3-6,9,11-14,21,27H,7-8,10H2,1-2H3,(H,25,26,28). The van der Waals surface area contributed by atoms with Crippen LogP contribution in [-0.2, 0) is 9.84 Å². The highest BCUT2D eigenvalue weighted by molar-refractivity contribution is 7.92. The zero-order valence-electron chi connectivity index (χ0n) is 18.6. The SMILES string of the molecule is CC(C)=CCOc1cc(Oc2ccc(S(=O)(=O)C3CC3)cc2)cc(C(=O)Nc2nc(O)cs2)c1. The Kier molecular flexibility index (Phi) is 6.90. The lowest BCUT2D eigenvalue weighted by atomic mass is 10.2. The third-order valence-corrected chi connectivity index (χ3v) is 7.97. The van der Waals surface area contributed by atoms with Crippen LogP contribution in [0.15, 0.2) is 64.4 Å². The molecule has 1 saturated carbocycles. The van der Waals surface area contributed by atoms with Crippen molar-refractivity contribution in [3.05, 3.63) is 65.1 Å². The van der Waals surface area contributed by atoms with Crippen molar-refractivity contribution in [2.75, 3.05) is 11.9 Å². The predicted octanol–water partition coefficient (Wildman–Crippen LogP) is 5.17. The van der Waals surface area contributed by atoms with Gasteiger partial charge in [-0.25, -0.2) is 8.42 Å². The number of hydrogen-bond donors (Lipinski definition) is 2. The molecule has 0 aliphatic heterocycles. The predicted molar refractivity (Wildman–Crippen MR) is 130 cm³/mol. The molecule has 2 aromatic carbocycles. The van der Waals surface area contributed by atoms with Gasteiger partial charge in [-0.2, -0.15) is 4.98 Å². The lowest BCUT2D eigenvalue weighted by molar-refractivity contribution is 0.102. The summed E-state index contributed by atoms with van der Waals surface area (Å²) in [5.41, 5.74) is 1.36. The molecule has 0 saturated heterocycles. The molecule has 1 aromatic heterocycles. The van der Waals surface area contributed by atoms with Gasteiger partial charge in [0, 0.05) is 11.6 Å². The monoisotopic (exact) mass is 500 g/mol. The first-order valence-corrected chi connectivity index (χ1v) is 13.0. The van der Waals surface area contributed by atoms with Gasteiger partial charge in [-0.15, -0.1) is 11.3 Å². The maximum absolute atomic E-state index is 12.8. The summed E-state index contributed by atoms with van der Waals surface area (Å²) in [6.45, 7) is 4.23. The van der Waals surface area contributed by atoms with Crippen LogP contribution in [0.5, 0.6) is 23.1 Å². The Morgan fingerprint density at radius 2 is 1.85 bits per heavy atom. The van der Waals surface area contributed by atoms with E-state index in [1.807, 2.05) is 19.9 Å². The van der Waals surface area contributed by atoms with E-state index in [-0.39, 0.29) is 26.7 Å². The molecular formula is C24H24N2O6S2. The van der Waals surface area contributed by atoms with Crippen LogP contribution in [0.3, 0.4) is 0 Å². The molecule has 10 heteroatoms. The fourth-order valence-corrected chi connectivity index (χ4v) is 5.27. The van der Waals surface area contributed by atoms with E-state index >= 15 is 0 Å². The minimum Gasteiger partial charge on any atom is -0.493 e. The number of hydrogen-bond acceptors (Lipinski definition) is 8. The van der Waals surface area contributed by atoms with Crippen molar-refractivity contribution in [1.29, 1.82) is 0 Å². The van der Waals surface area contributed by atoms with Gasteiger partial charge in [0.2, 0.25) is 5.88 Å². The van der Waals surface area contributed by atoms with Crippen molar-refractivity contribution in [3.8, 4) is 23.1 Å². The van der Waals surface area contributed by atoms with Crippen molar-refractivity contribution in [3.63, 3.8) is 0 Å². The van der Waals surface area contributed by atoms with E-state index in [0.717, 1.165) is 16.9 Å². The molecule has 1 fully saturated rings. The van der Waals surface area contributed by atoms with Gasteiger partial charge in [-0.1, -0.05) is 5.57 Å². The molecule has 0 radical (unpaired) electrons. The average Bonchev–Trinajstić information content (AvgIpc) is 3.57. The quantitative estimate of drug-likeness (QED) is 0.389. The van der Waals surface area contributed by atoms with Crippen molar-refractivity contribution in [2.45, 2.75) is 36.8 Å². The first-order valence-electron chi connectivity index (χ1n) is 10.6. The van der Waals surface area contributed by atoms with E-state index in [9.17, 15) is 18.3 Å². The first-order chi connectivity index (χ1) is 16.2. The van der Waals surface area contributed by atoms with Crippen LogP contribution >= 0.6 is 11.3 Å². The second-order valence-electron chi connectivity index (χ2n) is 8.07. The number of nitrogens with one attached hydrogen (secondary N) is 1. The van der Waals surface area contributed by atoms with E-state index in [2.05, 4.69) is 10.3 Å². The third-order valence-electron chi connectivity index (χ3n) is 4.95. The number of benzene rings is 2. The van der Waals surface area contributed by atoms with Gasteiger partial charge in [0.25, 0.3) is 5.91 Å². The Labute approximate surface area is 201 Å². The molecule has 3 aromatic rings. The molecule has 0 bridgehead atoms. The summed E-state index contributed by atoms with van der Waals surface area (Å²) < 4.78 is 36.5. The number of thiazole rings is 1. The largest absolute Gasteiger partial charge is 0.493 e. The molecule has 8 nitrogen and oxygen atoms in total. The van der Waals surface area contributed by atoms with Crippen LogP contribution in [0.4, 0.5) is 5.13 Å². The maximum Gasteiger partial charge on any atom is 0.257 e. The van der Waals surface area contributed by atoms with Crippen LogP contribution in [0.1, 0.15) is 37.0 Å². The van der Waals surface area contributed by atoms with Crippen LogP contribution in [0, 0.1) is 0 Å². The smallest absolute Gasteiger partial charge is 0.257 e. The van der Waals surface area contributed by atoms with Gasteiger partial charge in [0.05, 0.1) is 15.5 Å². The molecule has 0 atom stereocenters. The van der Waals surface area contributed by atoms with Gasteiger partial charge in [0.15, 0.2) is 15.0 Å². The second-order valence-corrected chi connectivity index (χ2v) is 11.2. The number of aromatic hydroxyl groups is 1. The number of rotatable bonds is 9. The zero-order chi connectivity index (χ0) is 24.3. The highest BCUT2D eigenvalue weighted by Crippen LogP contribution is 2.35. The molecule has 0 spiro atoms. The molecule has 1 amide bonds. The lowest BCUT2D eigenvalue weighted by Crippen LogP contribution is -2.12. The van der Waals surface area contributed by atoms with E-state index in [1.165, 1.54) is 17.5 Å². The van der Waals surface area contributed by atoms with Crippen molar-refractivity contribution >= 4 is 32.2 Å². The molecular weight excluding hydrogens is 476 g/mol. The van der Waals surface area contributed by atoms with E-state index in [4.69, 9.17) is 9.47 Å². The lowest BCUT2D eigenvalue weighted by Gasteiger charge is -2.12. The summed E-state index contributed by atoms with van der Waals surface area (Å²) in [5, 5.41) is 13.4. The Balaban J connectivity index is 1.56. The number of sulfone groups is 1. The summed E-state index contributed by atoms with van der Waals surface area (Å²) >= 11 is 1.10. The van der Waals surface area contributed by atoms with E-state index < -0.39 is 15.7 Å². The average molecular weight is 501 g/mol. The van der Waals surface area contributed by atoms with Crippen LogP contribution in [-0.4, -0.2) is 36.3 Å². The van der Waals surface area contributed by atoms with Gasteiger partial charge in [0.1, 0.15) is 23.9 Å². The highest BCUT2D eigenvalue weighted by Gasteiger charge is 2.36. The number of nitrogens with zero attached hydrogens (tertiary/aromatic N) is 1. The molecule has 4 rings (SSSR count). The summed E-state index contributed by atoms with van der Waals surface area (Å²) in [4.78, 5) is 16.9. The van der Waals surface area contributed by atoms with E-state index in [0.29, 0.717) is 36.7 Å². The molecule has 178 valence electrons. The zero-order valence-corrected chi connectivity index (χ0v) is 20.3. The van der Waals surface area contributed by atoms with E-state index in [1.54, 1.807) is 30.3 Å². The summed E-state index contributed by atoms with van der Waals surface area (Å²) in [5.74, 6) is 0.579. The Morgan fingerprint density at radius 3 is 2.47 bits per heavy atom. The Morgan fingerprint density at radius 1 is 1.15 bits per heavy atom. The van der Waals surface area contributed by atoms with Crippen LogP contribution in [0.2, 0.25) is 0 Å². The second kappa shape index (κ2) is 9.86. The molecule has 1 aliphatic carbocycles. The number of aromatic nitrogens is 1. The van der Waals surface area contributed by atoms with Crippen molar-refractivity contribution < 1.29 is 27.8 Å². The minimum absolute atomic E-state index is 0.171. The summed E-state index contributed by atoms with van der Waals surface area (Å²) in [6, 6.07) is 11.0. The number of amides is 1. The number of ether oxygens (including phenoxy) is 2. The third kappa shape index (κ3) is 5.95. The fourth-order valence-electron chi connectivity index (χ4n) is 3.05. The molecule has 1 heterocycles. The topological polar surface area (TPSA) is 115 Å². The first kappa shape index (κ1) is 23.8. The molecule has 0 unspecified atom stereocenters. The minimum atomic E-state index is -3.28. The van der Waals surface area contributed by atoms with Crippen LogP contribution < -0.4 is 14.8 Å². The Bertz CT molecular complexity index is 1320. The van der Waals surface area contributed by atoms with Crippen LogP contribution in [0.25, 0.3) is 0 Å². The number of anilines is 1. The summed E-state index contributed by atoms with van der Waals surface area (Å²) in [6.07, 6.45) is 3.31. The molecule has 2 N–H and O–H groups in total. The van der Waals surface area contributed by atoms with Gasteiger partial charge in [-0.3, -0.25) is 10.1 Å². The summed E-state index contributed by atoms with van der Waals surface area (Å²) in [7, 11) is -3.28. The van der Waals surface area contributed by atoms with Gasteiger partial charge >= 0.3 is 0 Å². The Hall–Kier alpha value is -3.37. The van der Waals surface area contributed by atoms with Gasteiger partial charge < -0.3 is 14.6 Å². The number of carbonyl (C=O) groups is 1. The molecule has 1 aliphatic rings. The van der Waals surface area contributed by atoms with Crippen molar-refractivity contribution in [1.82, 2.24) is 4.98 Å². The fraction of sp³-hybridized carbons (Fsp3) is 0.250.